The highest BCUT2D eigenvalue weighted by Gasteiger charge is 2.32. The lowest BCUT2D eigenvalue weighted by Crippen LogP contribution is -2.38. The molecular weight excluding hydrogens is 366 g/mol. The fraction of sp³-hybridized carbons (Fsp3) is 0.533. The maximum absolute atomic E-state index is 12.5. The van der Waals surface area contributed by atoms with Gasteiger partial charge >= 0.3 is 6.18 Å². The first-order valence-corrected chi connectivity index (χ1v) is 7.21. The van der Waals surface area contributed by atoms with Gasteiger partial charge in [0.2, 0.25) is 0 Å². The summed E-state index contributed by atoms with van der Waals surface area (Å²) in [6.45, 7) is 2.23. The molecular formula is C15H22Cl2F3N3O. The molecule has 4 nitrogen and oxygen atoms in total. The van der Waals surface area contributed by atoms with Crippen LogP contribution in [0.5, 0.6) is 0 Å². The summed E-state index contributed by atoms with van der Waals surface area (Å²) in [6, 6.07) is 5.12. The quantitative estimate of drug-likeness (QED) is 0.793. The molecule has 0 aromatic heterocycles. The number of carbonyl (C=O) groups is 1. The number of aryl methyl sites for hydroxylation is 1. The summed E-state index contributed by atoms with van der Waals surface area (Å²) in [5.41, 5.74) is 7.55. The SMILES string of the molecule is Cc1ccc(N)cc1C(=O)N1CCCN(CC(F)(F)F)CC1.Cl.Cl. The summed E-state index contributed by atoms with van der Waals surface area (Å²) in [5.74, 6) is -0.168. The Morgan fingerprint density at radius 3 is 2.46 bits per heavy atom. The van der Waals surface area contributed by atoms with E-state index < -0.39 is 12.7 Å². The van der Waals surface area contributed by atoms with Crippen molar-refractivity contribution >= 4 is 36.4 Å². The minimum atomic E-state index is -4.20. The largest absolute Gasteiger partial charge is 0.401 e. The number of rotatable bonds is 2. The average Bonchev–Trinajstić information content (AvgIpc) is 2.64. The molecule has 1 heterocycles. The molecule has 1 aromatic rings. The molecule has 2 rings (SSSR count). The van der Waals surface area contributed by atoms with E-state index >= 15 is 0 Å². The van der Waals surface area contributed by atoms with Crippen LogP contribution >= 0.6 is 24.8 Å². The van der Waals surface area contributed by atoms with Crippen molar-refractivity contribution in [1.82, 2.24) is 9.80 Å². The topological polar surface area (TPSA) is 49.6 Å². The predicted octanol–water partition coefficient (Wildman–Crippen LogP) is 3.13. The van der Waals surface area contributed by atoms with Crippen LogP contribution in [-0.2, 0) is 0 Å². The number of anilines is 1. The average molecular weight is 388 g/mol. The molecule has 138 valence electrons. The molecule has 9 heteroatoms. The van der Waals surface area contributed by atoms with Crippen molar-refractivity contribution in [3.63, 3.8) is 0 Å². The number of halogens is 5. The molecule has 1 amide bonds. The van der Waals surface area contributed by atoms with E-state index in [-0.39, 0.29) is 37.3 Å². The van der Waals surface area contributed by atoms with Gasteiger partial charge in [0.1, 0.15) is 0 Å². The van der Waals surface area contributed by atoms with Crippen LogP contribution in [0.15, 0.2) is 18.2 Å². The van der Waals surface area contributed by atoms with E-state index in [4.69, 9.17) is 5.73 Å². The number of nitrogens with two attached hydrogens (primary N) is 1. The number of nitrogens with zero attached hydrogens (tertiary/aromatic N) is 2. The van der Waals surface area contributed by atoms with Crippen LogP contribution in [0.4, 0.5) is 18.9 Å². The molecule has 0 radical (unpaired) electrons. The zero-order valence-corrected chi connectivity index (χ0v) is 14.9. The van der Waals surface area contributed by atoms with Crippen LogP contribution in [0, 0.1) is 6.92 Å². The minimum absolute atomic E-state index is 0. The first kappa shape index (κ1) is 22.8. The molecule has 1 saturated heterocycles. The summed E-state index contributed by atoms with van der Waals surface area (Å²) in [7, 11) is 0. The lowest BCUT2D eigenvalue weighted by molar-refractivity contribution is -0.145. The summed E-state index contributed by atoms with van der Waals surface area (Å²) in [6.07, 6.45) is -3.67. The van der Waals surface area contributed by atoms with Gasteiger partial charge in [-0.2, -0.15) is 13.2 Å². The van der Waals surface area contributed by atoms with Crippen molar-refractivity contribution in [1.29, 1.82) is 0 Å². The van der Waals surface area contributed by atoms with Gasteiger partial charge in [0.25, 0.3) is 5.91 Å². The second kappa shape index (κ2) is 9.34. The Labute approximate surface area is 152 Å². The van der Waals surface area contributed by atoms with Crippen molar-refractivity contribution in [2.24, 2.45) is 0 Å². The van der Waals surface area contributed by atoms with E-state index in [9.17, 15) is 18.0 Å². The van der Waals surface area contributed by atoms with E-state index in [0.717, 1.165) is 5.56 Å². The van der Waals surface area contributed by atoms with Crippen molar-refractivity contribution < 1.29 is 18.0 Å². The summed E-state index contributed by atoms with van der Waals surface area (Å²) in [4.78, 5) is 15.5. The van der Waals surface area contributed by atoms with E-state index in [2.05, 4.69) is 0 Å². The van der Waals surface area contributed by atoms with Crippen molar-refractivity contribution in [3.8, 4) is 0 Å². The number of hydrogen-bond donors (Lipinski definition) is 1. The fourth-order valence-electron chi connectivity index (χ4n) is 2.63. The molecule has 1 aromatic carbocycles. The Morgan fingerprint density at radius 2 is 1.83 bits per heavy atom. The fourth-order valence-corrected chi connectivity index (χ4v) is 2.63. The number of hydrogen-bond acceptors (Lipinski definition) is 3. The molecule has 1 aliphatic rings. The first-order chi connectivity index (χ1) is 10.3. The molecule has 24 heavy (non-hydrogen) atoms. The maximum atomic E-state index is 12.5. The van der Waals surface area contributed by atoms with Crippen LogP contribution < -0.4 is 5.73 Å². The summed E-state index contributed by atoms with van der Waals surface area (Å²) >= 11 is 0. The van der Waals surface area contributed by atoms with Gasteiger partial charge < -0.3 is 10.6 Å². The third-order valence-electron chi connectivity index (χ3n) is 3.77. The van der Waals surface area contributed by atoms with Gasteiger partial charge in [0, 0.05) is 37.4 Å². The van der Waals surface area contributed by atoms with Crippen LogP contribution in [0.2, 0.25) is 0 Å². The Kier molecular flexibility index (Phi) is 8.88. The van der Waals surface area contributed by atoms with Gasteiger partial charge in [-0.1, -0.05) is 6.07 Å². The Hall–Kier alpha value is -1.18. The van der Waals surface area contributed by atoms with Crippen LogP contribution in [0.1, 0.15) is 22.3 Å². The third kappa shape index (κ3) is 6.37. The molecule has 0 aliphatic carbocycles. The highest BCUT2D eigenvalue weighted by Crippen LogP contribution is 2.19. The standard InChI is InChI=1S/C15H20F3N3O.2ClH/c1-11-3-4-12(19)9-13(11)14(22)21-6-2-5-20(7-8-21)10-15(16,17)18;;/h3-4,9H,2,5-8,10,19H2,1H3;2*1H. The van der Waals surface area contributed by atoms with Gasteiger partial charge in [0.15, 0.2) is 0 Å². The maximum Gasteiger partial charge on any atom is 0.401 e. The van der Waals surface area contributed by atoms with Gasteiger partial charge in [-0.05, 0) is 31.0 Å². The summed E-state index contributed by atoms with van der Waals surface area (Å²) < 4.78 is 37.4. The number of carbonyl (C=O) groups excluding carboxylic acids is 1. The zero-order chi connectivity index (χ0) is 16.3. The monoisotopic (exact) mass is 387 g/mol. The van der Waals surface area contributed by atoms with Crippen molar-refractivity contribution in [2.75, 3.05) is 38.5 Å². The van der Waals surface area contributed by atoms with Gasteiger partial charge in [0.05, 0.1) is 6.54 Å². The second-order valence-corrected chi connectivity index (χ2v) is 5.61. The predicted molar refractivity (Wildman–Crippen MR) is 93.1 cm³/mol. The highest BCUT2D eigenvalue weighted by molar-refractivity contribution is 5.96. The van der Waals surface area contributed by atoms with Gasteiger partial charge in [-0.15, -0.1) is 24.8 Å². The van der Waals surface area contributed by atoms with Crippen molar-refractivity contribution in [3.05, 3.63) is 29.3 Å². The lowest BCUT2D eigenvalue weighted by Gasteiger charge is -2.23. The van der Waals surface area contributed by atoms with Crippen molar-refractivity contribution in [2.45, 2.75) is 19.5 Å². The molecule has 0 bridgehead atoms. The van der Waals surface area contributed by atoms with Gasteiger partial charge in [-0.25, -0.2) is 0 Å². The van der Waals surface area contributed by atoms with E-state index in [1.807, 2.05) is 6.92 Å². The van der Waals surface area contributed by atoms with E-state index in [1.54, 1.807) is 23.1 Å². The molecule has 1 aliphatic heterocycles. The Balaban J connectivity index is 0.00000264. The first-order valence-electron chi connectivity index (χ1n) is 7.21. The second-order valence-electron chi connectivity index (χ2n) is 5.61. The van der Waals surface area contributed by atoms with E-state index in [0.29, 0.717) is 37.3 Å². The molecule has 0 atom stereocenters. The summed E-state index contributed by atoms with van der Waals surface area (Å²) in [5, 5.41) is 0. The molecule has 0 unspecified atom stereocenters. The van der Waals surface area contributed by atoms with E-state index in [1.165, 1.54) is 4.90 Å². The number of benzene rings is 1. The molecule has 0 saturated carbocycles. The Morgan fingerprint density at radius 1 is 1.17 bits per heavy atom. The smallest absolute Gasteiger partial charge is 0.399 e. The number of amides is 1. The zero-order valence-electron chi connectivity index (χ0n) is 13.3. The highest BCUT2D eigenvalue weighted by atomic mass is 35.5. The lowest BCUT2D eigenvalue weighted by atomic mass is 10.1. The molecule has 1 fully saturated rings. The molecule has 0 spiro atoms. The third-order valence-corrected chi connectivity index (χ3v) is 3.77. The van der Waals surface area contributed by atoms with Crippen LogP contribution in [0.25, 0.3) is 0 Å². The van der Waals surface area contributed by atoms with Crippen LogP contribution in [0.3, 0.4) is 0 Å². The Bertz CT molecular complexity index is 555. The van der Waals surface area contributed by atoms with Gasteiger partial charge in [-0.3, -0.25) is 9.69 Å². The minimum Gasteiger partial charge on any atom is -0.399 e. The van der Waals surface area contributed by atoms with Crippen LogP contribution in [-0.4, -0.2) is 54.6 Å². The number of nitrogen functional groups attached to an aromatic ring is 1. The number of alkyl halides is 3. The normalized spacial score (nSPS) is 15.9. The molecule has 2 N–H and O–H groups in total.